The van der Waals surface area contributed by atoms with Crippen molar-refractivity contribution >= 4 is 17.6 Å². The van der Waals surface area contributed by atoms with Gasteiger partial charge in [-0.1, -0.05) is 47.9 Å². The molecule has 0 saturated carbocycles. The lowest BCUT2D eigenvalue weighted by atomic mass is 9.99. The van der Waals surface area contributed by atoms with Gasteiger partial charge in [-0.05, 0) is 31.9 Å². The molecule has 9 heteroatoms. The highest BCUT2D eigenvalue weighted by Gasteiger charge is 2.13. The summed E-state index contributed by atoms with van der Waals surface area (Å²) in [5.41, 5.74) is 1.79. The van der Waals surface area contributed by atoms with Crippen molar-refractivity contribution in [1.82, 2.24) is 25.9 Å². The molecule has 0 unspecified atom stereocenters. The summed E-state index contributed by atoms with van der Waals surface area (Å²) in [5.74, 6) is 2.72. The largest absolute Gasteiger partial charge is 0.359 e. The van der Waals surface area contributed by atoms with E-state index in [2.05, 4.69) is 44.8 Å². The minimum absolute atomic E-state index is 0.342. The number of hydrogen-bond donors (Lipinski definition) is 2. The van der Waals surface area contributed by atoms with Gasteiger partial charge >= 0.3 is 0 Å². The molecule has 0 fully saturated rings. The fourth-order valence-corrected chi connectivity index (χ4v) is 3.22. The Morgan fingerprint density at radius 3 is 2.67 bits per heavy atom. The van der Waals surface area contributed by atoms with Crippen molar-refractivity contribution in [2.24, 2.45) is 4.99 Å². The van der Waals surface area contributed by atoms with Gasteiger partial charge in [-0.15, -0.1) is 0 Å². The Morgan fingerprint density at radius 2 is 1.93 bits per heavy atom. The van der Waals surface area contributed by atoms with E-state index in [0.717, 1.165) is 36.4 Å². The maximum atomic E-state index is 6.02. The molecule has 0 aliphatic rings. The Morgan fingerprint density at radius 1 is 1.10 bits per heavy atom. The van der Waals surface area contributed by atoms with Gasteiger partial charge in [0.15, 0.2) is 11.7 Å². The Hall–Kier alpha value is -2.87. The number of nitrogens with zero attached hydrogens (tertiary/aromatic N) is 4. The molecule has 0 saturated heterocycles. The molecule has 30 heavy (non-hydrogen) atoms. The van der Waals surface area contributed by atoms with Crippen molar-refractivity contribution in [2.75, 3.05) is 6.54 Å². The predicted molar refractivity (Wildman–Crippen MR) is 116 cm³/mol. The summed E-state index contributed by atoms with van der Waals surface area (Å²) in [4.78, 5) is 8.96. The molecule has 0 atom stereocenters. The number of nitrogens with one attached hydrogen (secondary N) is 2. The van der Waals surface area contributed by atoms with Gasteiger partial charge in [0.2, 0.25) is 11.7 Å². The van der Waals surface area contributed by atoms with Crippen molar-refractivity contribution in [3.05, 3.63) is 52.7 Å². The number of guanidine groups is 1. The van der Waals surface area contributed by atoms with E-state index >= 15 is 0 Å². The van der Waals surface area contributed by atoms with Crippen LogP contribution in [0.25, 0.3) is 11.4 Å². The molecule has 8 nitrogen and oxygen atoms in total. The van der Waals surface area contributed by atoms with Crippen molar-refractivity contribution in [2.45, 2.75) is 52.6 Å². The average Bonchev–Trinajstić information content (AvgIpc) is 3.41. The summed E-state index contributed by atoms with van der Waals surface area (Å²) in [6.45, 7) is 7.76. The Kier molecular flexibility index (Phi) is 7.84. The maximum Gasteiger partial charge on any atom is 0.246 e. The van der Waals surface area contributed by atoms with E-state index in [1.165, 1.54) is 0 Å². The van der Waals surface area contributed by atoms with Crippen LogP contribution < -0.4 is 10.6 Å². The van der Waals surface area contributed by atoms with Gasteiger partial charge in [-0.25, -0.2) is 4.99 Å². The van der Waals surface area contributed by atoms with E-state index in [-0.39, 0.29) is 0 Å². The maximum absolute atomic E-state index is 6.02. The lowest BCUT2D eigenvalue weighted by Gasteiger charge is -2.08. The van der Waals surface area contributed by atoms with Crippen LogP contribution in [0.15, 0.2) is 44.4 Å². The summed E-state index contributed by atoms with van der Waals surface area (Å²) in [6, 6.07) is 9.31. The number of aromatic nitrogens is 3. The topological polar surface area (TPSA) is 101 Å². The van der Waals surface area contributed by atoms with E-state index in [0.29, 0.717) is 41.7 Å². The number of rotatable bonds is 9. The lowest BCUT2D eigenvalue weighted by Crippen LogP contribution is -2.36. The zero-order valence-electron chi connectivity index (χ0n) is 17.5. The van der Waals surface area contributed by atoms with E-state index in [1.807, 2.05) is 25.1 Å². The second kappa shape index (κ2) is 10.8. The molecular weight excluding hydrogens is 404 g/mol. The predicted octanol–water partition coefficient (Wildman–Crippen LogP) is 4.54. The van der Waals surface area contributed by atoms with Crippen LogP contribution in [0.1, 0.15) is 56.9 Å². The molecule has 160 valence electrons. The molecule has 0 amide bonds. The van der Waals surface area contributed by atoms with Gasteiger partial charge in [-0.2, -0.15) is 4.98 Å². The van der Waals surface area contributed by atoms with Crippen LogP contribution in [0.5, 0.6) is 0 Å². The number of halogens is 1. The fourth-order valence-electron chi connectivity index (χ4n) is 3.03. The summed E-state index contributed by atoms with van der Waals surface area (Å²) in [5, 5.41) is 15.2. The summed E-state index contributed by atoms with van der Waals surface area (Å²) in [7, 11) is 0. The van der Waals surface area contributed by atoms with Crippen molar-refractivity contribution in [1.29, 1.82) is 0 Å². The molecule has 0 aliphatic heterocycles. The SMILES string of the molecule is CCNC(=NCc1cc(C(CC)CC)no1)NCc1nc(-c2cccc(Cl)c2)no1. The first kappa shape index (κ1) is 21.8. The van der Waals surface area contributed by atoms with Crippen molar-refractivity contribution in [3.63, 3.8) is 0 Å². The van der Waals surface area contributed by atoms with E-state index in [4.69, 9.17) is 20.6 Å². The highest BCUT2D eigenvalue weighted by molar-refractivity contribution is 6.30. The Bertz CT molecular complexity index is 964. The zero-order chi connectivity index (χ0) is 21.3. The number of hydrogen-bond acceptors (Lipinski definition) is 6. The standard InChI is InChI=1S/C21H27ClN6O2/c1-4-14(5-2)18-11-17(29-27-18)12-24-21(23-6-3)25-13-19-26-20(28-30-19)15-8-7-9-16(22)10-15/h7-11,14H,4-6,12-13H2,1-3H3,(H2,23,24,25). The van der Waals surface area contributed by atoms with Gasteiger partial charge in [0.1, 0.15) is 6.54 Å². The van der Waals surface area contributed by atoms with Crippen LogP contribution in [0, 0.1) is 0 Å². The molecule has 2 heterocycles. The molecule has 0 spiro atoms. The van der Waals surface area contributed by atoms with Crippen molar-refractivity contribution < 1.29 is 9.05 Å². The molecular formula is C21H27ClN6O2. The smallest absolute Gasteiger partial charge is 0.246 e. The van der Waals surface area contributed by atoms with Crippen LogP contribution >= 0.6 is 11.6 Å². The van der Waals surface area contributed by atoms with Gasteiger partial charge in [0.25, 0.3) is 0 Å². The first-order valence-corrected chi connectivity index (χ1v) is 10.6. The molecule has 0 bridgehead atoms. The third-order valence-corrected chi connectivity index (χ3v) is 4.91. The quantitative estimate of drug-likeness (QED) is 0.379. The monoisotopic (exact) mass is 430 g/mol. The van der Waals surface area contributed by atoms with Gasteiger partial charge in [0, 0.05) is 29.1 Å². The first-order chi connectivity index (χ1) is 14.6. The Labute approximate surface area is 181 Å². The molecule has 2 N–H and O–H groups in total. The molecule has 1 aromatic carbocycles. The molecule has 3 aromatic rings. The van der Waals surface area contributed by atoms with Crippen LogP contribution in [-0.4, -0.2) is 27.8 Å². The third kappa shape index (κ3) is 5.82. The van der Waals surface area contributed by atoms with Crippen LogP contribution in [0.4, 0.5) is 0 Å². The minimum atomic E-state index is 0.342. The third-order valence-electron chi connectivity index (χ3n) is 4.68. The van der Waals surface area contributed by atoms with Crippen LogP contribution in [0.2, 0.25) is 5.02 Å². The zero-order valence-corrected chi connectivity index (χ0v) is 18.2. The van der Waals surface area contributed by atoms with Gasteiger partial charge in [-0.3, -0.25) is 0 Å². The second-order valence-corrected chi connectivity index (χ2v) is 7.24. The molecule has 0 radical (unpaired) electrons. The summed E-state index contributed by atoms with van der Waals surface area (Å²) < 4.78 is 10.8. The van der Waals surface area contributed by atoms with E-state index in [1.54, 1.807) is 12.1 Å². The first-order valence-electron chi connectivity index (χ1n) is 10.2. The van der Waals surface area contributed by atoms with Crippen molar-refractivity contribution in [3.8, 4) is 11.4 Å². The minimum Gasteiger partial charge on any atom is -0.359 e. The highest BCUT2D eigenvalue weighted by Crippen LogP contribution is 2.22. The fraction of sp³-hybridized carbons (Fsp3) is 0.429. The summed E-state index contributed by atoms with van der Waals surface area (Å²) in [6.07, 6.45) is 2.08. The number of benzene rings is 1. The van der Waals surface area contributed by atoms with Gasteiger partial charge in [0.05, 0.1) is 12.2 Å². The molecule has 3 rings (SSSR count). The Balaban J connectivity index is 1.61. The average molecular weight is 431 g/mol. The van der Waals surface area contributed by atoms with Crippen LogP contribution in [0.3, 0.4) is 0 Å². The summed E-state index contributed by atoms with van der Waals surface area (Å²) >= 11 is 6.02. The molecule has 2 aromatic heterocycles. The van der Waals surface area contributed by atoms with Crippen LogP contribution in [-0.2, 0) is 13.1 Å². The number of aliphatic imine (C=N–C) groups is 1. The lowest BCUT2D eigenvalue weighted by molar-refractivity contribution is 0.371. The van der Waals surface area contributed by atoms with E-state index in [9.17, 15) is 0 Å². The van der Waals surface area contributed by atoms with Gasteiger partial charge < -0.3 is 19.7 Å². The van der Waals surface area contributed by atoms with E-state index < -0.39 is 0 Å². The second-order valence-electron chi connectivity index (χ2n) is 6.80. The highest BCUT2D eigenvalue weighted by atomic mass is 35.5. The normalized spacial score (nSPS) is 11.8. The molecule has 0 aliphatic carbocycles.